The van der Waals surface area contributed by atoms with Gasteiger partial charge in [0.2, 0.25) is 5.89 Å². The number of benzene rings is 2. The lowest BCUT2D eigenvalue weighted by Gasteiger charge is -2.18. The highest BCUT2D eigenvalue weighted by Gasteiger charge is 2.20. The number of nitrogens with one attached hydrogen (secondary N) is 2. The summed E-state index contributed by atoms with van der Waals surface area (Å²) in [4.78, 5) is 16.4. The molecule has 0 saturated heterocycles. The summed E-state index contributed by atoms with van der Waals surface area (Å²) in [6, 6.07) is 11.4. The number of aryl methyl sites for hydroxylation is 1. The molecular formula is C21H21N5O5S2. The third-order valence-electron chi connectivity index (χ3n) is 4.22. The van der Waals surface area contributed by atoms with Crippen molar-refractivity contribution in [1.82, 2.24) is 15.2 Å². The third kappa shape index (κ3) is 5.46. The maximum atomic E-state index is 12.5. The number of amides is 1. The fourth-order valence-corrected chi connectivity index (χ4v) is 4.59. The van der Waals surface area contributed by atoms with E-state index >= 15 is 0 Å². The first-order chi connectivity index (χ1) is 15.5. The van der Waals surface area contributed by atoms with Gasteiger partial charge in [0, 0.05) is 5.56 Å². The molecule has 0 atom stereocenters. The molecule has 33 heavy (non-hydrogen) atoms. The number of carbonyl (C=O) groups excluding carboxylic acids is 1. The quantitative estimate of drug-likeness (QED) is 0.409. The zero-order valence-corrected chi connectivity index (χ0v) is 19.9. The van der Waals surface area contributed by atoms with Gasteiger partial charge < -0.3 is 9.15 Å². The van der Waals surface area contributed by atoms with Gasteiger partial charge >= 0.3 is 12.1 Å². The van der Waals surface area contributed by atoms with Gasteiger partial charge in [-0.05, 0) is 58.0 Å². The van der Waals surface area contributed by atoms with Crippen LogP contribution < -0.4 is 10.0 Å². The van der Waals surface area contributed by atoms with E-state index in [1.54, 1.807) is 51.1 Å². The van der Waals surface area contributed by atoms with E-state index in [1.165, 1.54) is 23.5 Å². The lowest BCUT2D eigenvalue weighted by molar-refractivity contribution is 0.0636. The molecule has 2 aromatic carbocycles. The molecule has 0 bridgehead atoms. The number of ether oxygens (including phenoxy) is 1. The van der Waals surface area contributed by atoms with Crippen LogP contribution in [0.2, 0.25) is 0 Å². The average molecular weight is 488 g/mol. The second kappa shape index (κ2) is 8.45. The molecule has 172 valence electrons. The normalized spacial score (nSPS) is 12.0. The van der Waals surface area contributed by atoms with Crippen LogP contribution in [0, 0.1) is 6.92 Å². The van der Waals surface area contributed by atoms with Gasteiger partial charge in [-0.15, -0.1) is 5.10 Å². The minimum atomic E-state index is -3.86. The molecule has 4 rings (SSSR count). The van der Waals surface area contributed by atoms with Crippen LogP contribution in [0.1, 0.15) is 26.3 Å². The molecule has 0 radical (unpaired) electrons. The first-order valence-corrected chi connectivity index (χ1v) is 12.1. The standard InChI is InChI=1S/C21H21N5O5S2/c1-12-5-8-14(9-6-12)33(28,29)26-18-25-24-17(30-18)13-7-10-15-16(11-13)32-19(22-15)23-20(27)31-21(2,3)4/h5-11H,1-4H3,(H,25,26)(H,22,23,27). The van der Waals surface area contributed by atoms with E-state index < -0.39 is 21.7 Å². The number of aromatic nitrogens is 3. The minimum absolute atomic E-state index is 0.0870. The Labute approximate surface area is 194 Å². The highest BCUT2D eigenvalue weighted by atomic mass is 32.2. The molecule has 0 aliphatic rings. The highest BCUT2D eigenvalue weighted by molar-refractivity contribution is 7.92. The van der Waals surface area contributed by atoms with Crippen LogP contribution in [0.5, 0.6) is 0 Å². The van der Waals surface area contributed by atoms with Crippen molar-refractivity contribution in [2.75, 3.05) is 10.0 Å². The van der Waals surface area contributed by atoms with Gasteiger partial charge in [-0.3, -0.25) is 5.32 Å². The molecule has 0 aliphatic carbocycles. The predicted octanol–water partition coefficient (Wildman–Crippen LogP) is 4.80. The lowest BCUT2D eigenvalue weighted by atomic mass is 10.2. The van der Waals surface area contributed by atoms with Crippen LogP contribution in [-0.4, -0.2) is 35.3 Å². The second-order valence-electron chi connectivity index (χ2n) is 8.16. The molecule has 2 aromatic heterocycles. The fraction of sp³-hybridized carbons (Fsp3) is 0.238. The summed E-state index contributed by atoms with van der Waals surface area (Å²) < 4.78 is 38.8. The topological polar surface area (TPSA) is 136 Å². The summed E-state index contributed by atoms with van der Waals surface area (Å²) in [5.74, 6) is 0.133. The van der Waals surface area contributed by atoms with E-state index in [1.807, 2.05) is 6.92 Å². The van der Waals surface area contributed by atoms with Gasteiger partial charge in [-0.25, -0.2) is 22.9 Å². The molecule has 2 heterocycles. The average Bonchev–Trinajstić information content (AvgIpc) is 3.32. The number of rotatable bonds is 5. The first-order valence-electron chi connectivity index (χ1n) is 9.82. The van der Waals surface area contributed by atoms with Crippen molar-refractivity contribution in [2.45, 2.75) is 38.2 Å². The predicted molar refractivity (Wildman–Crippen MR) is 125 cm³/mol. The fourth-order valence-electron chi connectivity index (χ4n) is 2.77. The zero-order chi connectivity index (χ0) is 23.8. The van der Waals surface area contributed by atoms with E-state index in [0.29, 0.717) is 16.2 Å². The number of thiazole rings is 1. The van der Waals surface area contributed by atoms with Gasteiger partial charge in [-0.1, -0.05) is 34.1 Å². The lowest BCUT2D eigenvalue weighted by Crippen LogP contribution is -2.27. The molecule has 0 fully saturated rings. The molecule has 12 heteroatoms. The molecule has 4 aromatic rings. The highest BCUT2D eigenvalue weighted by Crippen LogP contribution is 2.31. The number of hydrogen-bond acceptors (Lipinski definition) is 9. The van der Waals surface area contributed by atoms with Crippen LogP contribution in [0.3, 0.4) is 0 Å². The van der Waals surface area contributed by atoms with Gasteiger partial charge in [0.05, 0.1) is 15.1 Å². The Hall–Kier alpha value is -3.51. The van der Waals surface area contributed by atoms with Crippen LogP contribution in [0.25, 0.3) is 21.7 Å². The zero-order valence-electron chi connectivity index (χ0n) is 18.2. The second-order valence-corrected chi connectivity index (χ2v) is 10.9. The summed E-state index contributed by atoms with van der Waals surface area (Å²) in [6.07, 6.45) is -0.593. The Morgan fingerprint density at radius 1 is 1.09 bits per heavy atom. The number of nitrogens with zero attached hydrogens (tertiary/aromatic N) is 3. The molecule has 0 spiro atoms. The molecule has 10 nitrogen and oxygen atoms in total. The first kappa shape index (κ1) is 22.7. The van der Waals surface area contributed by atoms with E-state index in [0.717, 1.165) is 10.3 Å². The molecule has 0 aliphatic heterocycles. The van der Waals surface area contributed by atoms with E-state index in [4.69, 9.17) is 9.15 Å². The summed E-state index contributed by atoms with van der Waals surface area (Å²) in [7, 11) is -3.86. The van der Waals surface area contributed by atoms with Crippen molar-refractivity contribution in [1.29, 1.82) is 0 Å². The Bertz CT molecular complexity index is 1420. The van der Waals surface area contributed by atoms with Crippen molar-refractivity contribution in [3.05, 3.63) is 48.0 Å². The smallest absolute Gasteiger partial charge is 0.413 e. The third-order valence-corrected chi connectivity index (χ3v) is 6.49. The van der Waals surface area contributed by atoms with Gasteiger partial charge in [0.25, 0.3) is 10.0 Å². The molecule has 0 unspecified atom stereocenters. The van der Waals surface area contributed by atoms with E-state index in [2.05, 4.69) is 25.2 Å². The maximum Gasteiger partial charge on any atom is 0.413 e. The van der Waals surface area contributed by atoms with Crippen LogP contribution >= 0.6 is 11.3 Å². The SMILES string of the molecule is Cc1ccc(S(=O)(=O)Nc2nnc(-c3ccc4nc(NC(=O)OC(C)(C)C)sc4c3)o2)cc1. The monoisotopic (exact) mass is 487 g/mol. The summed E-state index contributed by atoms with van der Waals surface area (Å²) in [6.45, 7) is 7.19. The van der Waals surface area contributed by atoms with E-state index in [-0.39, 0.29) is 16.8 Å². The van der Waals surface area contributed by atoms with Crippen molar-refractivity contribution in [2.24, 2.45) is 0 Å². The van der Waals surface area contributed by atoms with Crippen LogP contribution in [-0.2, 0) is 14.8 Å². The number of anilines is 2. The number of sulfonamides is 1. The Morgan fingerprint density at radius 3 is 2.52 bits per heavy atom. The van der Waals surface area contributed by atoms with E-state index in [9.17, 15) is 13.2 Å². The molecular weight excluding hydrogens is 466 g/mol. The van der Waals surface area contributed by atoms with Crippen molar-refractivity contribution >= 4 is 48.8 Å². The number of hydrogen-bond donors (Lipinski definition) is 2. The van der Waals surface area contributed by atoms with Crippen molar-refractivity contribution in [3.8, 4) is 11.5 Å². The van der Waals surface area contributed by atoms with Crippen molar-refractivity contribution < 1.29 is 22.4 Å². The van der Waals surface area contributed by atoms with Gasteiger partial charge in [0.1, 0.15) is 5.60 Å². The Balaban J connectivity index is 1.51. The largest absolute Gasteiger partial charge is 0.444 e. The van der Waals surface area contributed by atoms with Crippen LogP contribution in [0.15, 0.2) is 51.8 Å². The summed E-state index contributed by atoms with van der Waals surface area (Å²) in [5, 5.41) is 10.7. The number of carbonyl (C=O) groups is 1. The van der Waals surface area contributed by atoms with Gasteiger partial charge in [-0.2, -0.15) is 0 Å². The minimum Gasteiger partial charge on any atom is -0.444 e. The maximum absolute atomic E-state index is 12.5. The Morgan fingerprint density at radius 2 is 1.82 bits per heavy atom. The van der Waals surface area contributed by atoms with Gasteiger partial charge in [0.15, 0.2) is 5.13 Å². The molecule has 1 amide bonds. The number of fused-ring (bicyclic) bond motifs is 1. The van der Waals surface area contributed by atoms with Crippen molar-refractivity contribution in [3.63, 3.8) is 0 Å². The Kier molecular flexibility index (Phi) is 5.80. The summed E-state index contributed by atoms with van der Waals surface area (Å²) >= 11 is 1.25. The molecule has 0 saturated carbocycles. The van der Waals surface area contributed by atoms with Crippen LogP contribution in [0.4, 0.5) is 15.9 Å². The summed E-state index contributed by atoms with van der Waals surface area (Å²) in [5.41, 5.74) is 1.56. The molecule has 2 N–H and O–H groups in total.